The van der Waals surface area contributed by atoms with E-state index < -0.39 is 12.0 Å². The van der Waals surface area contributed by atoms with E-state index >= 15 is 0 Å². The first-order chi connectivity index (χ1) is 6.65. The Hall–Kier alpha value is -1.55. The van der Waals surface area contributed by atoms with Gasteiger partial charge < -0.3 is 15.6 Å². The van der Waals surface area contributed by atoms with Crippen LogP contribution in [0.1, 0.15) is 5.56 Å². The zero-order chi connectivity index (χ0) is 10.6. The first kappa shape index (κ1) is 10.5. The Morgan fingerprint density at radius 3 is 2.79 bits per heavy atom. The van der Waals surface area contributed by atoms with Crippen LogP contribution in [-0.2, 0) is 11.2 Å². The lowest BCUT2D eigenvalue weighted by Crippen LogP contribution is -2.32. The van der Waals surface area contributed by atoms with E-state index in [1.807, 2.05) is 18.2 Å². The van der Waals surface area contributed by atoms with Crippen molar-refractivity contribution in [1.29, 1.82) is 0 Å². The topological polar surface area (TPSA) is 72.5 Å². The third-order valence-corrected chi connectivity index (χ3v) is 1.95. The molecule has 1 aromatic carbocycles. The van der Waals surface area contributed by atoms with Crippen LogP contribution < -0.4 is 10.5 Å². The van der Waals surface area contributed by atoms with Gasteiger partial charge in [0.15, 0.2) is 0 Å². The van der Waals surface area contributed by atoms with Crippen LogP contribution in [-0.4, -0.2) is 24.2 Å². The molecule has 0 aliphatic rings. The average molecular weight is 195 g/mol. The second kappa shape index (κ2) is 4.62. The number of benzene rings is 1. The number of methoxy groups -OCH3 is 1. The summed E-state index contributed by atoms with van der Waals surface area (Å²) in [5.41, 5.74) is 6.23. The summed E-state index contributed by atoms with van der Waals surface area (Å²) in [4.78, 5) is 10.5. The van der Waals surface area contributed by atoms with Crippen molar-refractivity contribution in [2.75, 3.05) is 7.11 Å². The van der Waals surface area contributed by atoms with E-state index in [9.17, 15) is 4.79 Å². The summed E-state index contributed by atoms with van der Waals surface area (Å²) in [6, 6.07) is 6.36. The Balaban J connectivity index is 2.80. The molecule has 0 aromatic heterocycles. The normalized spacial score (nSPS) is 12.1. The maximum Gasteiger partial charge on any atom is 0.320 e. The molecular weight excluding hydrogens is 182 g/mol. The van der Waals surface area contributed by atoms with Crippen LogP contribution >= 0.6 is 0 Å². The number of carboxylic acids is 1. The number of ether oxygens (including phenoxy) is 1. The predicted molar refractivity (Wildman–Crippen MR) is 52.3 cm³/mol. The number of carbonyl (C=O) groups is 1. The van der Waals surface area contributed by atoms with Crippen LogP contribution in [0.25, 0.3) is 0 Å². The molecule has 0 amide bonds. The maximum absolute atomic E-state index is 10.5. The molecule has 0 unspecified atom stereocenters. The molecule has 4 nitrogen and oxygen atoms in total. The van der Waals surface area contributed by atoms with Gasteiger partial charge in [0.1, 0.15) is 11.8 Å². The Bertz CT molecular complexity index is 325. The molecule has 0 heterocycles. The number of rotatable bonds is 4. The van der Waals surface area contributed by atoms with Crippen LogP contribution in [0, 0.1) is 0 Å². The summed E-state index contributed by atoms with van der Waals surface area (Å²) in [6.07, 6.45) is 0.277. The summed E-state index contributed by atoms with van der Waals surface area (Å²) < 4.78 is 5.08. The SMILES string of the molecule is COc1ccccc1C[C@@H](N)C(=O)O. The smallest absolute Gasteiger partial charge is 0.320 e. The van der Waals surface area contributed by atoms with Gasteiger partial charge >= 0.3 is 5.97 Å². The van der Waals surface area contributed by atoms with Crippen LogP contribution in [0.3, 0.4) is 0 Å². The maximum atomic E-state index is 10.5. The van der Waals surface area contributed by atoms with Crippen LogP contribution in [0.4, 0.5) is 0 Å². The highest BCUT2D eigenvalue weighted by Crippen LogP contribution is 2.18. The van der Waals surface area contributed by atoms with Gasteiger partial charge in [-0.2, -0.15) is 0 Å². The minimum atomic E-state index is -1.00. The first-order valence-corrected chi connectivity index (χ1v) is 4.25. The van der Waals surface area contributed by atoms with Crippen molar-refractivity contribution in [2.24, 2.45) is 5.73 Å². The summed E-state index contributed by atoms with van der Waals surface area (Å²) in [7, 11) is 1.55. The molecule has 0 fully saturated rings. The van der Waals surface area contributed by atoms with E-state index in [1.165, 1.54) is 0 Å². The van der Waals surface area contributed by atoms with Crippen molar-refractivity contribution in [3.8, 4) is 5.75 Å². The van der Waals surface area contributed by atoms with Crippen molar-refractivity contribution in [3.63, 3.8) is 0 Å². The standard InChI is InChI=1S/C10H13NO3/c1-14-9-5-3-2-4-7(9)6-8(11)10(12)13/h2-5,8H,6,11H2,1H3,(H,12,13)/t8-/m1/s1. The fourth-order valence-corrected chi connectivity index (χ4v) is 1.20. The second-order valence-electron chi connectivity index (χ2n) is 2.96. The average Bonchev–Trinajstić information content (AvgIpc) is 2.18. The summed E-state index contributed by atoms with van der Waals surface area (Å²) in [6.45, 7) is 0. The lowest BCUT2D eigenvalue weighted by atomic mass is 10.1. The Morgan fingerprint density at radius 2 is 2.21 bits per heavy atom. The summed E-state index contributed by atoms with van der Waals surface area (Å²) >= 11 is 0. The molecule has 0 saturated carbocycles. The molecule has 3 N–H and O–H groups in total. The molecule has 0 spiro atoms. The van der Waals surface area contributed by atoms with Crippen molar-refractivity contribution in [3.05, 3.63) is 29.8 Å². The van der Waals surface area contributed by atoms with Gasteiger partial charge in [-0.15, -0.1) is 0 Å². The zero-order valence-electron chi connectivity index (χ0n) is 7.93. The molecular formula is C10H13NO3. The fourth-order valence-electron chi connectivity index (χ4n) is 1.20. The van der Waals surface area contributed by atoms with Gasteiger partial charge in [0.25, 0.3) is 0 Å². The third-order valence-electron chi connectivity index (χ3n) is 1.95. The van der Waals surface area contributed by atoms with Crippen molar-refractivity contribution < 1.29 is 14.6 Å². The number of aliphatic carboxylic acids is 1. The second-order valence-corrected chi connectivity index (χ2v) is 2.96. The number of hydrogen-bond donors (Lipinski definition) is 2. The lowest BCUT2D eigenvalue weighted by Gasteiger charge is -2.10. The van der Waals surface area contributed by atoms with Crippen LogP contribution in [0.2, 0.25) is 0 Å². The Morgan fingerprint density at radius 1 is 1.57 bits per heavy atom. The van der Waals surface area contributed by atoms with Crippen molar-refractivity contribution in [1.82, 2.24) is 0 Å². The summed E-state index contributed by atoms with van der Waals surface area (Å²) in [5.74, 6) is -0.333. The van der Waals surface area contributed by atoms with E-state index in [0.717, 1.165) is 5.56 Å². The Labute approximate surface area is 82.3 Å². The van der Waals surface area contributed by atoms with Crippen LogP contribution in [0.15, 0.2) is 24.3 Å². The van der Waals surface area contributed by atoms with E-state index in [4.69, 9.17) is 15.6 Å². The third kappa shape index (κ3) is 2.47. The quantitative estimate of drug-likeness (QED) is 0.739. The highest BCUT2D eigenvalue weighted by Gasteiger charge is 2.14. The largest absolute Gasteiger partial charge is 0.496 e. The molecule has 76 valence electrons. The predicted octanol–water partition coefficient (Wildman–Crippen LogP) is 0.650. The molecule has 14 heavy (non-hydrogen) atoms. The molecule has 4 heteroatoms. The number of carboxylic acid groups (broad SMARTS) is 1. The summed E-state index contributed by atoms with van der Waals surface area (Å²) in [5, 5.41) is 8.64. The van der Waals surface area contributed by atoms with Gasteiger partial charge in [-0.3, -0.25) is 4.79 Å². The number of nitrogens with two attached hydrogens (primary N) is 1. The highest BCUT2D eigenvalue weighted by molar-refractivity contribution is 5.73. The zero-order valence-corrected chi connectivity index (χ0v) is 7.93. The number of hydrogen-bond acceptors (Lipinski definition) is 3. The molecule has 1 rings (SSSR count). The number of para-hydroxylation sites is 1. The minimum absolute atomic E-state index is 0.277. The van der Waals surface area contributed by atoms with Crippen molar-refractivity contribution >= 4 is 5.97 Å². The first-order valence-electron chi connectivity index (χ1n) is 4.25. The van der Waals surface area contributed by atoms with E-state index in [0.29, 0.717) is 5.75 Å². The lowest BCUT2D eigenvalue weighted by molar-refractivity contribution is -0.138. The van der Waals surface area contributed by atoms with Gasteiger partial charge in [-0.25, -0.2) is 0 Å². The van der Waals surface area contributed by atoms with E-state index in [2.05, 4.69) is 0 Å². The molecule has 0 aliphatic carbocycles. The molecule has 0 radical (unpaired) electrons. The fraction of sp³-hybridized carbons (Fsp3) is 0.300. The van der Waals surface area contributed by atoms with Gasteiger partial charge in [0, 0.05) is 6.42 Å². The van der Waals surface area contributed by atoms with Crippen molar-refractivity contribution in [2.45, 2.75) is 12.5 Å². The van der Waals surface area contributed by atoms with E-state index in [-0.39, 0.29) is 6.42 Å². The van der Waals surface area contributed by atoms with Crippen LogP contribution in [0.5, 0.6) is 5.75 Å². The molecule has 0 bridgehead atoms. The molecule has 1 atom stereocenters. The Kier molecular flexibility index (Phi) is 3.48. The van der Waals surface area contributed by atoms with Gasteiger partial charge in [-0.05, 0) is 11.6 Å². The van der Waals surface area contributed by atoms with Gasteiger partial charge in [0.2, 0.25) is 0 Å². The molecule has 0 saturated heterocycles. The van der Waals surface area contributed by atoms with Gasteiger partial charge in [-0.1, -0.05) is 18.2 Å². The van der Waals surface area contributed by atoms with E-state index in [1.54, 1.807) is 13.2 Å². The minimum Gasteiger partial charge on any atom is -0.496 e. The van der Waals surface area contributed by atoms with Gasteiger partial charge in [0.05, 0.1) is 7.11 Å². The molecule has 1 aromatic rings. The molecule has 0 aliphatic heterocycles. The highest BCUT2D eigenvalue weighted by atomic mass is 16.5. The monoisotopic (exact) mass is 195 g/mol.